The molecule has 102 valence electrons. The average Bonchev–Trinajstić information content (AvgIpc) is 2.50. The Morgan fingerprint density at radius 3 is 2.39 bits per heavy atom. The van der Waals surface area contributed by atoms with Crippen LogP contribution >= 0.6 is 0 Å². The Balaban J connectivity index is 0.000000771. The van der Waals surface area contributed by atoms with Crippen molar-refractivity contribution in [3.05, 3.63) is 24.1 Å². The average molecular weight is 251 g/mol. The highest BCUT2D eigenvalue weighted by molar-refractivity contribution is 5.93. The monoisotopic (exact) mass is 251 g/mol. The van der Waals surface area contributed by atoms with Crippen molar-refractivity contribution >= 4 is 5.90 Å². The van der Waals surface area contributed by atoms with E-state index in [0.717, 1.165) is 5.76 Å². The van der Waals surface area contributed by atoms with Gasteiger partial charge in [-0.05, 0) is 11.5 Å². The molecule has 1 unspecified atom stereocenters. The molecule has 1 saturated heterocycles. The molecule has 0 radical (unpaired) electrons. The van der Waals surface area contributed by atoms with Crippen molar-refractivity contribution in [2.24, 2.45) is 15.8 Å². The highest BCUT2D eigenvalue weighted by Crippen LogP contribution is 2.43. The lowest BCUT2D eigenvalue weighted by Gasteiger charge is -2.37. The zero-order valence-corrected chi connectivity index (χ0v) is 12.4. The third-order valence-corrected chi connectivity index (χ3v) is 3.45. The van der Waals surface area contributed by atoms with Gasteiger partial charge in [-0.25, -0.2) is 4.99 Å². The maximum Gasteiger partial charge on any atom is 0.256 e. The zero-order valence-electron chi connectivity index (χ0n) is 12.4. The van der Waals surface area contributed by atoms with Crippen LogP contribution in [0.1, 0.15) is 41.5 Å². The van der Waals surface area contributed by atoms with Crippen LogP contribution in [-0.2, 0) is 9.47 Å². The van der Waals surface area contributed by atoms with E-state index in [4.69, 9.17) is 9.47 Å². The predicted molar refractivity (Wildman–Crippen MR) is 75.5 cm³/mol. The first-order valence-corrected chi connectivity index (χ1v) is 6.67. The van der Waals surface area contributed by atoms with Crippen LogP contribution in [-0.4, -0.2) is 19.1 Å². The fraction of sp³-hybridized carbons (Fsp3) is 0.667. The molecular weight excluding hydrogens is 226 g/mol. The quantitative estimate of drug-likeness (QED) is 0.653. The normalized spacial score (nSPS) is 26.3. The number of ether oxygens (including phenoxy) is 2. The maximum atomic E-state index is 5.62. The van der Waals surface area contributed by atoms with E-state index in [1.54, 1.807) is 0 Å². The minimum Gasteiger partial charge on any atom is -0.485 e. The van der Waals surface area contributed by atoms with Crippen molar-refractivity contribution in [1.29, 1.82) is 0 Å². The van der Waals surface area contributed by atoms with Gasteiger partial charge in [0.1, 0.15) is 13.2 Å². The first-order chi connectivity index (χ1) is 8.42. The molecule has 0 N–H and O–H groups in total. The third kappa shape index (κ3) is 2.95. The lowest BCUT2D eigenvalue weighted by Crippen LogP contribution is -2.30. The molecule has 2 heterocycles. The first kappa shape index (κ1) is 14.8. The fourth-order valence-electron chi connectivity index (χ4n) is 1.67. The van der Waals surface area contributed by atoms with E-state index in [-0.39, 0.29) is 10.8 Å². The zero-order chi connectivity index (χ0) is 13.8. The molecule has 0 spiro atoms. The Morgan fingerprint density at radius 2 is 1.78 bits per heavy atom. The Kier molecular flexibility index (Phi) is 4.60. The topological polar surface area (TPSA) is 30.8 Å². The summed E-state index contributed by atoms with van der Waals surface area (Å²) in [6, 6.07) is 0. The summed E-state index contributed by atoms with van der Waals surface area (Å²) in [4.78, 5) is 4.27. The van der Waals surface area contributed by atoms with Crippen molar-refractivity contribution in [1.82, 2.24) is 0 Å². The van der Waals surface area contributed by atoms with Gasteiger partial charge in [0.25, 0.3) is 5.90 Å². The smallest absolute Gasteiger partial charge is 0.256 e. The summed E-state index contributed by atoms with van der Waals surface area (Å²) in [7, 11) is 0. The molecule has 0 aromatic rings. The van der Waals surface area contributed by atoms with Gasteiger partial charge in [-0.1, -0.05) is 47.6 Å². The number of hydrogen-bond donors (Lipinski definition) is 0. The standard InChI is InChI=1S/C13H19NO2.C2H6/c1-12(2,3)13(4)5-6-14-11-10(9-13)15-7-8-16-11;1-2/h5-6,9H,7-8H2,1-4H3;1-2H3. The Bertz CT molecular complexity index is 374. The van der Waals surface area contributed by atoms with Crippen LogP contribution in [0.3, 0.4) is 0 Å². The van der Waals surface area contributed by atoms with Crippen molar-refractivity contribution < 1.29 is 9.47 Å². The molecule has 0 aliphatic carbocycles. The molecule has 0 amide bonds. The van der Waals surface area contributed by atoms with Crippen LogP contribution in [0.4, 0.5) is 0 Å². The Morgan fingerprint density at radius 1 is 1.17 bits per heavy atom. The van der Waals surface area contributed by atoms with Crippen LogP contribution < -0.4 is 0 Å². The molecule has 0 aromatic carbocycles. The third-order valence-electron chi connectivity index (χ3n) is 3.45. The summed E-state index contributed by atoms with van der Waals surface area (Å²) >= 11 is 0. The van der Waals surface area contributed by atoms with Gasteiger partial charge in [-0.3, -0.25) is 0 Å². The van der Waals surface area contributed by atoms with Gasteiger partial charge in [0, 0.05) is 11.6 Å². The molecule has 0 bridgehead atoms. The lowest BCUT2D eigenvalue weighted by molar-refractivity contribution is 0.112. The van der Waals surface area contributed by atoms with Crippen LogP contribution in [0.5, 0.6) is 0 Å². The van der Waals surface area contributed by atoms with Gasteiger partial charge in [0.2, 0.25) is 0 Å². The Hall–Kier alpha value is -1.25. The van der Waals surface area contributed by atoms with E-state index < -0.39 is 0 Å². The van der Waals surface area contributed by atoms with Crippen molar-refractivity contribution in [3.8, 4) is 0 Å². The number of allylic oxidation sites excluding steroid dienone is 2. The van der Waals surface area contributed by atoms with Gasteiger partial charge in [-0.15, -0.1) is 0 Å². The molecule has 3 heteroatoms. The van der Waals surface area contributed by atoms with Gasteiger partial charge in [-0.2, -0.15) is 0 Å². The van der Waals surface area contributed by atoms with Crippen molar-refractivity contribution in [2.45, 2.75) is 41.5 Å². The SMILES string of the molecule is CC.CC(C)(C)C1(C)C=CN=C2OCCOC2=C1. The summed E-state index contributed by atoms with van der Waals surface area (Å²) in [5, 5.41) is 0. The van der Waals surface area contributed by atoms with Crippen LogP contribution in [0.25, 0.3) is 0 Å². The van der Waals surface area contributed by atoms with E-state index in [1.165, 1.54) is 0 Å². The molecule has 0 saturated carbocycles. The number of nitrogens with zero attached hydrogens (tertiary/aromatic N) is 1. The fourth-order valence-corrected chi connectivity index (χ4v) is 1.67. The summed E-state index contributed by atoms with van der Waals surface area (Å²) in [6.45, 7) is 14.0. The number of hydrogen-bond acceptors (Lipinski definition) is 3. The summed E-state index contributed by atoms with van der Waals surface area (Å²) in [5.74, 6) is 1.38. The van der Waals surface area contributed by atoms with Gasteiger partial charge in [0.15, 0.2) is 5.76 Å². The van der Waals surface area contributed by atoms with E-state index in [9.17, 15) is 0 Å². The van der Waals surface area contributed by atoms with E-state index in [2.05, 4.69) is 44.8 Å². The van der Waals surface area contributed by atoms with Gasteiger partial charge in [0.05, 0.1) is 0 Å². The minimum atomic E-state index is -0.0751. The molecule has 1 fully saturated rings. The van der Waals surface area contributed by atoms with E-state index >= 15 is 0 Å². The van der Waals surface area contributed by atoms with Crippen LogP contribution in [0.2, 0.25) is 0 Å². The van der Waals surface area contributed by atoms with Crippen molar-refractivity contribution in [2.75, 3.05) is 13.2 Å². The second-order valence-corrected chi connectivity index (χ2v) is 5.49. The highest BCUT2D eigenvalue weighted by Gasteiger charge is 2.36. The molecule has 2 aliphatic heterocycles. The lowest BCUT2D eigenvalue weighted by atomic mass is 9.67. The van der Waals surface area contributed by atoms with Crippen LogP contribution in [0, 0.1) is 10.8 Å². The Labute approximate surface area is 111 Å². The number of aliphatic imine (C=N–C) groups is 1. The summed E-state index contributed by atoms with van der Waals surface area (Å²) in [5.41, 5.74) is 0.0383. The molecule has 0 aromatic heterocycles. The maximum absolute atomic E-state index is 5.62. The molecular formula is C15H25NO2. The molecule has 3 nitrogen and oxygen atoms in total. The van der Waals surface area contributed by atoms with E-state index in [0.29, 0.717) is 19.1 Å². The molecule has 1 atom stereocenters. The molecule has 18 heavy (non-hydrogen) atoms. The van der Waals surface area contributed by atoms with Crippen LogP contribution in [0.15, 0.2) is 29.1 Å². The largest absolute Gasteiger partial charge is 0.485 e. The minimum absolute atomic E-state index is 0.0751. The predicted octanol–water partition coefficient (Wildman–Crippen LogP) is 3.92. The second kappa shape index (κ2) is 5.59. The second-order valence-electron chi connectivity index (χ2n) is 5.49. The first-order valence-electron chi connectivity index (χ1n) is 6.67. The van der Waals surface area contributed by atoms with Crippen molar-refractivity contribution in [3.63, 3.8) is 0 Å². The molecule has 2 rings (SSSR count). The molecule has 2 aliphatic rings. The number of fused-ring (bicyclic) bond motifs is 1. The summed E-state index contributed by atoms with van der Waals surface area (Å²) < 4.78 is 11.1. The highest BCUT2D eigenvalue weighted by atomic mass is 16.6. The van der Waals surface area contributed by atoms with Gasteiger partial charge < -0.3 is 9.47 Å². The van der Waals surface area contributed by atoms with E-state index in [1.807, 2.05) is 20.0 Å². The summed E-state index contributed by atoms with van der Waals surface area (Å²) in [6.07, 6.45) is 6.05. The van der Waals surface area contributed by atoms with Gasteiger partial charge >= 0.3 is 0 Å². The number of rotatable bonds is 0.